The van der Waals surface area contributed by atoms with Crippen LogP contribution in [-0.4, -0.2) is 22.2 Å². The Balaban J connectivity index is 1.81. The molecule has 3 aromatic rings. The standard InChI is InChI=1S/C21H21N3O2/c1-4-24(17-11-7-5-9-14(17)2)21(25)19-16-13-26-18-12-8-6-10-15(18)20(16)23(3)22-19/h5-12H,4,13H2,1-3H3. The summed E-state index contributed by atoms with van der Waals surface area (Å²) in [5, 5.41) is 4.56. The lowest BCUT2D eigenvalue weighted by atomic mass is 10.0. The molecule has 2 heterocycles. The third-order valence-electron chi connectivity index (χ3n) is 4.83. The maximum atomic E-state index is 13.3. The maximum Gasteiger partial charge on any atom is 0.279 e. The van der Waals surface area contributed by atoms with Crippen molar-refractivity contribution in [2.75, 3.05) is 11.4 Å². The Hall–Kier alpha value is -3.08. The van der Waals surface area contributed by atoms with E-state index < -0.39 is 0 Å². The Labute approximate surface area is 152 Å². The summed E-state index contributed by atoms with van der Waals surface area (Å²) in [6.07, 6.45) is 0. The number of aromatic nitrogens is 2. The molecule has 5 nitrogen and oxygen atoms in total. The monoisotopic (exact) mass is 347 g/mol. The highest BCUT2D eigenvalue weighted by Gasteiger charge is 2.30. The van der Waals surface area contributed by atoms with E-state index in [0.717, 1.165) is 33.8 Å². The predicted molar refractivity (Wildman–Crippen MR) is 102 cm³/mol. The van der Waals surface area contributed by atoms with E-state index in [2.05, 4.69) is 5.10 Å². The number of nitrogens with zero attached hydrogens (tertiary/aromatic N) is 3. The Morgan fingerprint density at radius 2 is 1.92 bits per heavy atom. The third kappa shape index (κ3) is 2.47. The van der Waals surface area contributed by atoms with Gasteiger partial charge in [0.2, 0.25) is 0 Å². The molecule has 0 atom stereocenters. The third-order valence-corrected chi connectivity index (χ3v) is 4.83. The normalized spacial score (nSPS) is 12.1. The van der Waals surface area contributed by atoms with Crippen LogP contribution < -0.4 is 9.64 Å². The van der Waals surface area contributed by atoms with Gasteiger partial charge in [-0.2, -0.15) is 5.10 Å². The molecule has 0 radical (unpaired) electrons. The lowest BCUT2D eigenvalue weighted by molar-refractivity contribution is 0.0980. The van der Waals surface area contributed by atoms with Gasteiger partial charge in [0.15, 0.2) is 5.69 Å². The van der Waals surface area contributed by atoms with Gasteiger partial charge in [-0.3, -0.25) is 9.48 Å². The highest BCUT2D eigenvalue weighted by Crippen LogP contribution is 2.38. The summed E-state index contributed by atoms with van der Waals surface area (Å²) in [5.74, 6) is 0.731. The van der Waals surface area contributed by atoms with E-state index in [1.807, 2.05) is 69.4 Å². The summed E-state index contributed by atoms with van der Waals surface area (Å²) in [5.41, 5.74) is 5.22. The van der Waals surface area contributed by atoms with Crippen LogP contribution in [0.5, 0.6) is 5.75 Å². The summed E-state index contributed by atoms with van der Waals surface area (Å²) >= 11 is 0. The average Bonchev–Trinajstić information content (AvgIpc) is 3.01. The SMILES string of the molecule is CCN(C(=O)c1nn(C)c2c1COc1ccccc1-2)c1ccccc1C. The van der Waals surface area contributed by atoms with E-state index in [4.69, 9.17) is 4.74 Å². The van der Waals surface area contributed by atoms with E-state index in [1.165, 1.54) is 0 Å². The molecule has 1 aliphatic rings. The van der Waals surface area contributed by atoms with Crippen LogP contribution in [0.1, 0.15) is 28.5 Å². The maximum absolute atomic E-state index is 13.3. The minimum absolute atomic E-state index is 0.0957. The molecule has 4 rings (SSSR count). The molecule has 0 fully saturated rings. The number of rotatable bonds is 3. The molecule has 5 heteroatoms. The molecule has 0 N–H and O–H groups in total. The zero-order valence-corrected chi connectivity index (χ0v) is 15.2. The van der Waals surface area contributed by atoms with Crippen LogP contribution in [0, 0.1) is 6.92 Å². The predicted octanol–water partition coefficient (Wildman–Crippen LogP) is 3.95. The lowest BCUT2D eigenvalue weighted by Crippen LogP contribution is -2.32. The van der Waals surface area contributed by atoms with Crippen LogP contribution in [0.25, 0.3) is 11.3 Å². The Kier molecular flexibility index (Phi) is 3.99. The quantitative estimate of drug-likeness (QED) is 0.721. The molecule has 0 aliphatic carbocycles. The van der Waals surface area contributed by atoms with Crippen molar-refractivity contribution in [2.45, 2.75) is 20.5 Å². The highest BCUT2D eigenvalue weighted by molar-refractivity contribution is 6.07. The van der Waals surface area contributed by atoms with Gasteiger partial charge >= 0.3 is 0 Å². The summed E-state index contributed by atoms with van der Waals surface area (Å²) in [6, 6.07) is 15.8. The molecule has 1 aliphatic heterocycles. The first kappa shape index (κ1) is 16.4. The highest BCUT2D eigenvalue weighted by atomic mass is 16.5. The number of para-hydroxylation sites is 2. The number of anilines is 1. The fourth-order valence-electron chi connectivity index (χ4n) is 3.57. The number of carbonyl (C=O) groups is 1. The molecular formula is C21H21N3O2. The molecule has 2 aromatic carbocycles. The van der Waals surface area contributed by atoms with Crippen molar-refractivity contribution < 1.29 is 9.53 Å². The van der Waals surface area contributed by atoms with Crippen LogP contribution in [0.4, 0.5) is 5.69 Å². The number of hydrogen-bond donors (Lipinski definition) is 0. The van der Waals surface area contributed by atoms with Gasteiger partial charge in [-0.1, -0.05) is 30.3 Å². The number of fused-ring (bicyclic) bond motifs is 3. The largest absolute Gasteiger partial charge is 0.488 e. The molecule has 132 valence electrons. The number of aryl methyl sites for hydroxylation is 2. The van der Waals surface area contributed by atoms with Crippen molar-refractivity contribution in [3.8, 4) is 17.0 Å². The number of benzene rings is 2. The van der Waals surface area contributed by atoms with E-state index in [9.17, 15) is 4.79 Å². The van der Waals surface area contributed by atoms with Gasteiger partial charge in [-0.05, 0) is 37.6 Å². The molecule has 0 saturated heterocycles. The number of carbonyl (C=O) groups excluding carboxylic acids is 1. The van der Waals surface area contributed by atoms with Gasteiger partial charge in [-0.25, -0.2) is 0 Å². The fraction of sp³-hybridized carbons (Fsp3) is 0.238. The Bertz CT molecular complexity index is 991. The summed E-state index contributed by atoms with van der Waals surface area (Å²) in [7, 11) is 1.88. The number of ether oxygens (including phenoxy) is 1. The summed E-state index contributed by atoms with van der Waals surface area (Å²) < 4.78 is 7.66. The van der Waals surface area contributed by atoms with E-state index in [-0.39, 0.29) is 5.91 Å². The zero-order chi connectivity index (χ0) is 18.3. The summed E-state index contributed by atoms with van der Waals surface area (Å²) in [6.45, 7) is 4.92. The van der Waals surface area contributed by atoms with Crippen LogP contribution in [-0.2, 0) is 13.7 Å². The van der Waals surface area contributed by atoms with Gasteiger partial charge < -0.3 is 9.64 Å². The molecule has 1 amide bonds. The molecule has 0 unspecified atom stereocenters. The molecule has 1 aromatic heterocycles. The van der Waals surface area contributed by atoms with Crippen molar-refractivity contribution in [1.29, 1.82) is 0 Å². The molecular weight excluding hydrogens is 326 g/mol. The first-order chi connectivity index (χ1) is 12.6. The van der Waals surface area contributed by atoms with Gasteiger partial charge in [0, 0.05) is 30.4 Å². The second-order valence-electron chi connectivity index (χ2n) is 6.42. The van der Waals surface area contributed by atoms with Gasteiger partial charge in [0.05, 0.1) is 5.69 Å². The number of hydrogen-bond acceptors (Lipinski definition) is 3. The van der Waals surface area contributed by atoms with Gasteiger partial charge in [0.1, 0.15) is 12.4 Å². The fourth-order valence-corrected chi connectivity index (χ4v) is 3.57. The van der Waals surface area contributed by atoms with Gasteiger partial charge in [-0.15, -0.1) is 0 Å². The van der Waals surface area contributed by atoms with Gasteiger partial charge in [0.25, 0.3) is 5.91 Å². The van der Waals surface area contributed by atoms with Crippen LogP contribution >= 0.6 is 0 Å². The first-order valence-corrected chi connectivity index (χ1v) is 8.77. The Morgan fingerprint density at radius 3 is 2.69 bits per heavy atom. The molecule has 0 saturated carbocycles. The number of amides is 1. The first-order valence-electron chi connectivity index (χ1n) is 8.77. The molecule has 0 bridgehead atoms. The smallest absolute Gasteiger partial charge is 0.279 e. The Morgan fingerprint density at radius 1 is 1.19 bits per heavy atom. The van der Waals surface area contributed by atoms with Crippen molar-refractivity contribution in [3.63, 3.8) is 0 Å². The van der Waals surface area contributed by atoms with Crippen molar-refractivity contribution in [3.05, 3.63) is 65.4 Å². The second kappa shape index (κ2) is 6.33. The topological polar surface area (TPSA) is 47.4 Å². The van der Waals surface area contributed by atoms with E-state index in [0.29, 0.717) is 18.8 Å². The summed E-state index contributed by atoms with van der Waals surface area (Å²) in [4.78, 5) is 15.1. The second-order valence-corrected chi connectivity index (χ2v) is 6.42. The van der Waals surface area contributed by atoms with Crippen LogP contribution in [0.3, 0.4) is 0 Å². The average molecular weight is 347 g/mol. The van der Waals surface area contributed by atoms with E-state index in [1.54, 1.807) is 9.58 Å². The van der Waals surface area contributed by atoms with Crippen molar-refractivity contribution >= 4 is 11.6 Å². The molecule has 26 heavy (non-hydrogen) atoms. The minimum Gasteiger partial charge on any atom is -0.488 e. The van der Waals surface area contributed by atoms with Crippen LogP contribution in [0.15, 0.2) is 48.5 Å². The van der Waals surface area contributed by atoms with Crippen molar-refractivity contribution in [1.82, 2.24) is 9.78 Å². The zero-order valence-electron chi connectivity index (χ0n) is 15.2. The van der Waals surface area contributed by atoms with Crippen molar-refractivity contribution in [2.24, 2.45) is 7.05 Å². The molecule has 0 spiro atoms. The van der Waals surface area contributed by atoms with E-state index >= 15 is 0 Å². The van der Waals surface area contributed by atoms with Crippen LogP contribution in [0.2, 0.25) is 0 Å². The minimum atomic E-state index is -0.0957. The lowest BCUT2D eigenvalue weighted by Gasteiger charge is -2.23.